The maximum atomic E-state index is 12.2. The van der Waals surface area contributed by atoms with Gasteiger partial charge >= 0.3 is 0 Å². The van der Waals surface area contributed by atoms with E-state index in [4.69, 9.17) is 0 Å². The van der Waals surface area contributed by atoms with Gasteiger partial charge in [0.05, 0.1) is 5.69 Å². The molecule has 0 spiro atoms. The van der Waals surface area contributed by atoms with Crippen LogP contribution in [0.25, 0.3) is 5.65 Å². The zero-order chi connectivity index (χ0) is 17.3. The van der Waals surface area contributed by atoms with Gasteiger partial charge in [-0.3, -0.25) is 19.8 Å². The summed E-state index contributed by atoms with van der Waals surface area (Å²) in [6, 6.07) is 7.89. The van der Waals surface area contributed by atoms with E-state index in [9.17, 15) is 4.79 Å². The molecular formula is C18H23N5O. The molecule has 24 heavy (non-hydrogen) atoms. The molecule has 0 amide bonds. The van der Waals surface area contributed by atoms with E-state index >= 15 is 0 Å². The molecular weight excluding hydrogens is 302 g/mol. The van der Waals surface area contributed by atoms with E-state index in [-0.39, 0.29) is 5.56 Å². The molecule has 0 fully saturated rings. The molecule has 3 heterocycles. The fourth-order valence-electron chi connectivity index (χ4n) is 2.82. The van der Waals surface area contributed by atoms with E-state index in [0.29, 0.717) is 18.2 Å². The number of pyridine rings is 1. The SMILES string of the molecule is Cc1ccnc(C[C@H](C)N(C)Cc2cc(=O)n3[nH]c(C)cc3n2)c1. The highest BCUT2D eigenvalue weighted by atomic mass is 16.1. The highest BCUT2D eigenvalue weighted by molar-refractivity contribution is 5.39. The van der Waals surface area contributed by atoms with Crippen LogP contribution < -0.4 is 5.56 Å². The Morgan fingerprint density at radius 1 is 1.25 bits per heavy atom. The molecule has 1 atom stereocenters. The Morgan fingerprint density at radius 3 is 2.79 bits per heavy atom. The van der Waals surface area contributed by atoms with Gasteiger partial charge < -0.3 is 0 Å². The number of nitrogens with zero attached hydrogens (tertiary/aromatic N) is 4. The molecule has 0 aliphatic heterocycles. The molecule has 0 aliphatic carbocycles. The van der Waals surface area contributed by atoms with E-state index in [0.717, 1.165) is 23.5 Å². The molecule has 0 unspecified atom stereocenters. The van der Waals surface area contributed by atoms with Crippen molar-refractivity contribution in [3.8, 4) is 0 Å². The Balaban J connectivity index is 1.74. The summed E-state index contributed by atoms with van der Waals surface area (Å²) in [7, 11) is 2.05. The lowest BCUT2D eigenvalue weighted by Crippen LogP contribution is -2.31. The van der Waals surface area contributed by atoms with E-state index in [1.54, 1.807) is 6.07 Å². The first kappa shape index (κ1) is 16.4. The first-order valence-corrected chi connectivity index (χ1v) is 8.12. The molecule has 3 aromatic rings. The van der Waals surface area contributed by atoms with E-state index < -0.39 is 0 Å². The molecule has 0 aliphatic rings. The van der Waals surface area contributed by atoms with E-state index in [1.807, 2.05) is 32.3 Å². The Hall–Kier alpha value is -2.47. The molecule has 6 heteroatoms. The largest absolute Gasteiger partial charge is 0.297 e. The zero-order valence-electron chi connectivity index (χ0n) is 14.6. The van der Waals surface area contributed by atoms with Crippen molar-refractivity contribution in [2.45, 2.75) is 39.8 Å². The second kappa shape index (κ2) is 6.57. The Morgan fingerprint density at radius 2 is 2.04 bits per heavy atom. The molecule has 126 valence electrons. The second-order valence-electron chi connectivity index (χ2n) is 6.51. The smallest absolute Gasteiger partial charge is 0.272 e. The highest BCUT2D eigenvalue weighted by Crippen LogP contribution is 2.10. The number of hydrogen-bond acceptors (Lipinski definition) is 4. The number of nitrogens with one attached hydrogen (secondary N) is 1. The van der Waals surface area contributed by atoms with E-state index in [2.05, 4.69) is 39.9 Å². The summed E-state index contributed by atoms with van der Waals surface area (Å²) in [5.41, 5.74) is 4.59. The predicted octanol–water partition coefficient (Wildman–Crippen LogP) is 2.10. The molecule has 0 radical (unpaired) electrons. The Kier molecular flexibility index (Phi) is 4.49. The van der Waals surface area contributed by atoms with Crippen molar-refractivity contribution in [2.24, 2.45) is 0 Å². The highest BCUT2D eigenvalue weighted by Gasteiger charge is 2.13. The Bertz CT molecular complexity index is 911. The van der Waals surface area contributed by atoms with Crippen molar-refractivity contribution in [3.63, 3.8) is 0 Å². The molecule has 1 N–H and O–H groups in total. The van der Waals surface area contributed by atoms with Crippen LogP contribution in [-0.4, -0.2) is 37.6 Å². The average molecular weight is 325 g/mol. The zero-order valence-corrected chi connectivity index (χ0v) is 14.6. The van der Waals surface area contributed by atoms with Gasteiger partial charge in [-0.1, -0.05) is 0 Å². The van der Waals surface area contributed by atoms with Crippen LogP contribution in [0.15, 0.2) is 35.3 Å². The maximum absolute atomic E-state index is 12.2. The molecule has 3 rings (SSSR count). The molecule has 6 nitrogen and oxygen atoms in total. The van der Waals surface area contributed by atoms with Gasteiger partial charge in [-0.25, -0.2) is 9.50 Å². The van der Waals surface area contributed by atoms with Crippen molar-refractivity contribution in [3.05, 3.63) is 63.5 Å². The van der Waals surface area contributed by atoms with Gasteiger partial charge in [0.1, 0.15) is 0 Å². The number of H-pyrrole nitrogens is 1. The molecule has 0 saturated carbocycles. The number of rotatable bonds is 5. The fourth-order valence-corrected chi connectivity index (χ4v) is 2.82. The van der Waals surface area contributed by atoms with Crippen LogP contribution in [0.4, 0.5) is 0 Å². The quantitative estimate of drug-likeness (QED) is 0.780. The lowest BCUT2D eigenvalue weighted by molar-refractivity contribution is 0.244. The van der Waals surface area contributed by atoms with Crippen LogP contribution in [0.1, 0.15) is 29.6 Å². The summed E-state index contributed by atoms with van der Waals surface area (Å²) in [4.78, 5) is 23.4. The summed E-state index contributed by atoms with van der Waals surface area (Å²) < 4.78 is 1.47. The number of aromatic nitrogens is 4. The van der Waals surface area contributed by atoms with Gasteiger partial charge in [-0.05, 0) is 45.5 Å². The minimum Gasteiger partial charge on any atom is -0.297 e. The van der Waals surface area contributed by atoms with E-state index in [1.165, 1.54) is 10.1 Å². The third-order valence-electron chi connectivity index (χ3n) is 4.27. The summed E-state index contributed by atoms with van der Waals surface area (Å²) >= 11 is 0. The molecule has 0 saturated heterocycles. The summed E-state index contributed by atoms with van der Waals surface area (Å²) in [6.45, 7) is 6.78. The average Bonchev–Trinajstić information content (AvgIpc) is 2.88. The van der Waals surface area contributed by atoms with Gasteiger partial charge in [0, 0.05) is 48.7 Å². The first-order valence-electron chi connectivity index (χ1n) is 8.12. The van der Waals surface area contributed by atoms with Crippen LogP contribution in [0.2, 0.25) is 0 Å². The molecule has 3 aromatic heterocycles. The lowest BCUT2D eigenvalue weighted by atomic mass is 10.1. The summed E-state index contributed by atoms with van der Waals surface area (Å²) in [5, 5.41) is 2.99. The minimum absolute atomic E-state index is 0.0792. The molecule has 0 bridgehead atoms. The van der Waals surface area contributed by atoms with Crippen LogP contribution in [0.3, 0.4) is 0 Å². The number of aryl methyl sites for hydroxylation is 2. The first-order chi connectivity index (χ1) is 11.4. The van der Waals surface area contributed by atoms with Crippen molar-refractivity contribution < 1.29 is 0 Å². The van der Waals surface area contributed by atoms with Crippen molar-refractivity contribution in [2.75, 3.05) is 7.05 Å². The maximum Gasteiger partial charge on any atom is 0.272 e. The number of aromatic amines is 1. The topological polar surface area (TPSA) is 66.3 Å². The molecule has 0 aromatic carbocycles. The van der Waals surface area contributed by atoms with Gasteiger partial charge in [0.2, 0.25) is 0 Å². The van der Waals surface area contributed by atoms with Gasteiger partial charge in [0.15, 0.2) is 5.65 Å². The van der Waals surface area contributed by atoms with Crippen LogP contribution in [-0.2, 0) is 13.0 Å². The van der Waals surface area contributed by atoms with Crippen molar-refractivity contribution >= 4 is 5.65 Å². The minimum atomic E-state index is -0.0792. The summed E-state index contributed by atoms with van der Waals surface area (Å²) in [5.74, 6) is 0. The number of hydrogen-bond donors (Lipinski definition) is 1. The number of fused-ring (bicyclic) bond motifs is 1. The van der Waals surface area contributed by atoms with Gasteiger partial charge in [0.25, 0.3) is 5.56 Å². The standard InChI is InChI=1S/C18H23N5O/c1-12-5-6-19-15(7-12)9-14(3)22(4)11-16-10-18(24)23-17(20-16)8-13(2)21-23/h5-8,10,14,21H,9,11H2,1-4H3/t14-/m0/s1. The monoisotopic (exact) mass is 325 g/mol. The summed E-state index contributed by atoms with van der Waals surface area (Å²) in [6.07, 6.45) is 2.71. The van der Waals surface area contributed by atoms with Crippen LogP contribution in [0.5, 0.6) is 0 Å². The third kappa shape index (κ3) is 3.54. The van der Waals surface area contributed by atoms with Crippen molar-refractivity contribution in [1.29, 1.82) is 0 Å². The van der Waals surface area contributed by atoms with Crippen LogP contribution in [0, 0.1) is 13.8 Å². The van der Waals surface area contributed by atoms with Crippen LogP contribution >= 0.6 is 0 Å². The predicted molar refractivity (Wildman–Crippen MR) is 94.2 cm³/mol. The Labute approximate surface area is 141 Å². The normalized spacial score (nSPS) is 12.9. The lowest BCUT2D eigenvalue weighted by Gasteiger charge is -2.24. The number of likely N-dealkylation sites (N-methyl/N-ethyl adjacent to an activating group) is 1. The second-order valence-corrected chi connectivity index (χ2v) is 6.51. The van der Waals surface area contributed by atoms with Gasteiger partial charge in [-0.2, -0.15) is 0 Å². The van der Waals surface area contributed by atoms with Gasteiger partial charge in [-0.15, -0.1) is 0 Å². The fraction of sp³-hybridized carbons (Fsp3) is 0.389. The van der Waals surface area contributed by atoms with Crippen molar-refractivity contribution in [1.82, 2.24) is 24.5 Å². The third-order valence-corrected chi connectivity index (χ3v) is 4.27.